The highest BCUT2D eigenvalue weighted by Crippen LogP contribution is 2.35. The highest BCUT2D eigenvalue weighted by atomic mass is 19.2. The molecule has 5 rings (SSSR count). The largest absolute Gasteiger partial charge is 0.339 e. The lowest BCUT2D eigenvalue weighted by molar-refractivity contribution is -0.134. The Bertz CT molecular complexity index is 1270. The molecule has 4 heterocycles. The molecular weight excluding hydrogens is 453 g/mol. The highest BCUT2D eigenvalue weighted by molar-refractivity contribution is 5.96. The van der Waals surface area contributed by atoms with Crippen LogP contribution in [-0.4, -0.2) is 49.2 Å². The van der Waals surface area contributed by atoms with Gasteiger partial charge in [0.15, 0.2) is 23.3 Å². The summed E-state index contributed by atoms with van der Waals surface area (Å²) in [7, 11) is 0. The number of rotatable bonds is 4. The van der Waals surface area contributed by atoms with E-state index in [2.05, 4.69) is 15.2 Å². The first kappa shape index (κ1) is 22.1. The molecular formula is C22H21F3N6O3. The quantitative estimate of drug-likeness (QED) is 0.539. The Balaban J connectivity index is 1.36. The van der Waals surface area contributed by atoms with E-state index in [4.69, 9.17) is 4.52 Å². The molecule has 2 atom stereocenters. The van der Waals surface area contributed by atoms with E-state index in [-0.39, 0.29) is 48.7 Å². The van der Waals surface area contributed by atoms with Gasteiger partial charge in [-0.25, -0.2) is 13.2 Å². The third-order valence-electron chi connectivity index (χ3n) is 6.24. The van der Waals surface area contributed by atoms with Crippen molar-refractivity contribution in [3.8, 4) is 0 Å². The summed E-state index contributed by atoms with van der Waals surface area (Å²) in [6.07, 6.45) is 1.52. The second kappa shape index (κ2) is 8.26. The van der Waals surface area contributed by atoms with Gasteiger partial charge in [0.25, 0.3) is 0 Å². The lowest BCUT2D eigenvalue weighted by Crippen LogP contribution is -2.46. The average molecular weight is 474 g/mol. The number of benzene rings is 1. The van der Waals surface area contributed by atoms with E-state index < -0.39 is 17.5 Å². The molecule has 12 heteroatoms. The molecule has 2 aliphatic heterocycles. The molecule has 1 unspecified atom stereocenters. The molecule has 34 heavy (non-hydrogen) atoms. The smallest absolute Gasteiger partial charge is 0.232 e. The number of amides is 2. The summed E-state index contributed by atoms with van der Waals surface area (Å²) in [5, 5.41) is 8.18. The maximum absolute atomic E-state index is 13.6. The van der Waals surface area contributed by atoms with Gasteiger partial charge in [0, 0.05) is 19.0 Å². The number of halogens is 3. The molecule has 1 aromatic carbocycles. The summed E-state index contributed by atoms with van der Waals surface area (Å²) >= 11 is 0. The minimum Gasteiger partial charge on any atom is -0.339 e. The Labute approximate surface area is 192 Å². The SMILES string of the molecule is Cc1noc(C2CC(=O)N(c3cnn4c3CN(C(=O)Cc3cc(F)c(F)c(F)c3)[C@@H](C)C4)C2)n1. The van der Waals surface area contributed by atoms with Gasteiger partial charge in [0.1, 0.15) is 0 Å². The molecule has 0 spiro atoms. The number of hydrogen-bond acceptors (Lipinski definition) is 6. The van der Waals surface area contributed by atoms with Crippen molar-refractivity contribution in [3.05, 3.63) is 58.8 Å². The van der Waals surface area contributed by atoms with Gasteiger partial charge in [-0.2, -0.15) is 10.1 Å². The fourth-order valence-corrected chi connectivity index (χ4v) is 4.52. The van der Waals surface area contributed by atoms with E-state index in [9.17, 15) is 22.8 Å². The van der Waals surface area contributed by atoms with Crippen LogP contribution in [0.2, 0.25) is 0 Å². The fraction of sp³-hybridized carbons (Fsp3) is 0.409. The van der Waals surface area contributed by atoms with Crippen molar-refractivity contribution in [1.29, 1.82) is 0 Å². The van der Waals surface area contributed by atoms with Gasteiger partial charge < -0.3 is 14.3 Å². The highest BCUT2D eigenvalue weighted by Gasteiger charge is 2.38. The number of carbonyl (C=O) groups is 2. The molecule has 3 aromatic rings. The maximum Gasteiger partial charge on any atom is 0.232 e. The third-order valence-corrected chi connectivity index (χ3v) is 6.24. The average Bonchev–Trinajstić information content (AvgIpc) is 3.49. The summed E-state index contributed by atoms with van der Waals surface area (Å²) in [5.74, 6) is -4.09. The summed E-state index contributed by atoms with van der Waals surface area (Å²) in [6.45, 7) is 4.44. The zero-order valence-electron chi connectivity index (χ0n) is 18.5. The zero-order chi connectivity index (χ0) is 24.1. The lowest BCUT2D eigenvalue weighted by Gasteiger charge is -2.35. The maximum atomic E-state index is 13.6. The van der Waals surface area contributed by atoms with Crippen LogP contribution in [0.4, 0.5) is 18.9 Å². The van der Waals surface area contributed by atoms with E-state index in [1.807, 2.05) is 6.92 Å². The Morgan fingerprint density at radius 1 is 1.21 bits per heavy atom. The van der Waals surface area contributed by atoms with Crippen LogP contribution in [-0.2, 0) is 29.1 Å². The monoisotopic (exact) mass is 474 g/mol. The Morgan fingerprint density at radius 2 is 1.94 bits per heavy atom. The van der Waals surface area contributed by atoms with Crippen LogP contribution >= 0.6 is 0 Å². The standard InChI is InChI=1S/C22H21F3N6O3/c1-11-8-31-18(10-29(11)19(32)5-13-3-15(23)21(25)16(24)4-13)17(7-26-31)30-9-14(6-20(30)33)22-27-12(2)28-34-22/h3-4,7,11,14H,5-6,8-10H2,1-2H3/t11-,14?/m0/s1. The molecule has 2 aromatic heterocycles. The fourth-order valence-electron chi connectivity index (χ4n) is 4.52. The molecule has 1 saturated heterocycles. The molecule has 2 aliphatic rings. The third kappa shape index (κ3) is 3.82. The number of nitrogens with zero attached hydrogens (tertiary/aromatic N) is 6. The summed E-state index contributed by atoms with van der Waals surface area (Å²) in [5.41, 5.74) is 1.31. The van der Waals surface area contributed by atoms with Crippen LogP contribution in [0.25, 0.3) is 0 Å². The summed E-state index contributed by atoms with van der Waals surface area (Å²) in [6, 6.07) is 1.40. The van der Waals surface area contributed by atoms with E-state index >= 15 is 0 Å². The van der Waals surface area contributed by atoms with Crippen molar-refractivity contribution in [2.75, 3.05) is 11.4 Å². The summed E-state index contributed by atoms with van der Waals surface area (Å²) in [4.78, 5) is 33.2. The van der Waals surface area contributed by atoms with Crippen LogP contribution in [0.15, 0.2) is 22.9 Å². The molecule has 0 aliphatic carbocycles. The van der Waals surface area contributed by atoms with E-state index in [1.54, 1.807) is 27.6 Å². The molecule has 0 radical (unpaired) electrons. The number of fused-ring (bicyclic) bond motifs is 1. The zero-order valence-corrected chi connectivity index (χ0v) is 18.5. The minimum absolute atomic E-state index is 0.0420. The molecule has 0 saturated carbocycles. The van der Waals surface area contributed by atoms with E-state index in [1.165, 1.54) is 0 Å². The van der Waals surface area contributed by atoms with Gasteiger partial charge in [0.05, 0.1) is 43.0 Å². The predicted molar refractivity (Wildman–Crippen MR) is 111 cm³/mol. The molecule has 178 valence electrons. The van der Waals surface area contributed by atoms with Crippen molar-refractivity contribution < 1.29 is 27.3 Å². The van der Waals surface area contributed by atoms with Gasteiger partial charge in [-0.3, -0.25) is 14.3 Å². The molecule has 0 bridgehead atoms. The predicted octanol–water partition coefficient (Wildman–Crippen LogP) is 2.49. The van der Waals surface area contributed by atoms with E-state index in [0.717, 1.165) is 12.1 Å². The number of aryl methyl sites for hydroxylation is 1. The summed E-state index contributed by atoms with van der Waals surface area (Å²) < 4.78 is 47.4. The van der Waals surface area contributed by atoms with Crippen molar-refractivity contribution >= 4 is 17.5 Å². The Kier molecular flexibility index (Phi) is 5.37. The van der Waals surface area contributed by atoms with Crippen LogP contribution in [0.5, 0.6) is 0 Å². The molecule has 0 N–H and O–H groups in total. The van der Waals surface area contributed by atoms with Crippen LogP contribution in [0.1, 0.15) is 42.2 Å². The van der Waals surface area contributed by atoms with Gasteiger partial charge in [-0.1, -0.05) is 5.16 Å². The van der Waals surface area contributed by atoms with Crippen molar-refractivity contribution in [2.24, 2.45) is 0 Å². The topological polar surface area (TPSA) is 97.4 Å². The number of carbonyl (C=O) groups excluding carboxylic acids is 2. The van der Waals surface area contributed by atoms with Gasteiger partial charge >= 0.3 is 0 Å². The van der Waals surface area contributed by atoms with Gasteiger partial charge in [0.2, 0.25) is 17.7 Å². The van der Waals surface area contributed by atoms with Crippen LogP contribution in [0, 0.1) is 24.4 Å². The molecule has 9 nitrogen and oxygen atoms in total. The Hall–Kier alpha value is -3.70. The Morgan fingerprint density at radius 3 is 2.62 bits per heavy atom. The van der Waals surface area contributed by atoms with E-state index in [0.29, 0.717) is 36.2 Å². The molecule has 2 amide bonds. The number of aromatic nitrogens is 4. The number of anilines is 1. The first-order valence-electron chi connectivity index (χ1n) is 10.8. The molecule has 1 fully saturated rings. The second-order valence-corrected chi connectivity index (χ2v) is 8.66. The first-order valence-corrected chi connectivity index (χ1v) is 10.8. The normalized spacial score (nSPS) is 20.2. The minimum atomic E-state index is -1.57. The van der Waals surface area contributed by atoms with Crippen LogP contribution < -0.4 is 4.90 Å². The first-order chi connectivity index (χ1) is 16.2. The van der Waals surface area contributed by atoms with Crippen LogP contribution in [0.3, 0.4) is 0 Å². The lowest BCUT2D eigenvalue weighted by atomic mass is 10.1. The second-order valence-electron chi connectivity index (χ2n) is 8.66. The van der Waals surface area contributed by atoms with Gasteiger partial charge in [-0.15, -0.1) is 0 Å². The van der Waals surface area contributed by atoms with Crippen molar-refractivity contribution in [2.45, 2.75) is 51.7 Å². The van der Waals surface area contributed by atoms with Gasteiger partial charge in [-0.05, 0) is 31.5 Å². The van der Waals surface area contributed by atoms with Crippen molar-refractivity contribution in [1.82, 2.24) is 24.8 Å². The number of hydrogen-bond donors (Lipinski definition) is 0. The van der Waals surface area contributed by atoms with Crippen molar-refractivity contribution in [3.63, 3.8) is 0 Å².